The van der Waals surface area contributed by atoms with E-state index >= 15 is 0 Å². The van der Waals surface area contributed by atoms with Gasteiger partial charge in [0.25, 0.3) is 10.0 Å². The number of hydrogen-bond acceptors (Lipinski definition) is 5. The molecule has 8 heteroatoms. The highest BCUT2D eigenvalue weighted by atomic mass is 32.2. The van der Waals surface area contributed by atoms with Crippen molar-refractivity contribution in [2.24, 2.45) is 0 Å². The SMILES string of the molecule is CCOc1ccc(S(=O)(=O)N2C[C@@H](C)Oc3cc(F)ccc32)cn1. The molecule has 1 aromatic heterocycles. The summed E-state index contributed by atoms with van der Waals surface area (Å²) >= 11 is 0. The minimum absolute atomic E-state index is 0.0373. The predicted molar refractivity (Wildman–Crippen MR) is 86.4 cm³/mol. The van der Waals surface area contributed by atoms with Crippen molar-refractivity contribution in [1.29, 1.82) is 0 Å². The third kappa shape index (κ3) is 3.01. The molecule has 0 fully saturated rings. The molecular formula is C16H17FN2O4S. The van der Waals surface area contributed by atoms with Gasteiger partial charge >= 0.3 is 0 Å². The first-order valence-corrected chi connectivity index (χ1v) is 8.93. The van der Waals surface area contributed by atoms with Crippen molar-refractivity contribution >= 4 is 15.7 Å². The zero-order valence-electron chi connectivity index (χ0n) is 13.3. The van der Waals surface area contributed by atoms with Crippen molar-refractivity contribution in [3.63, 3.8) is 0 Å². The lowest BCUT2D eigenvalue weighted by molar-refractivity contribution is 0.218. The van der Waals surface area contributed by atoms with Gasteiger partial charge < -0.3 is 9.47 Å². The number of nitrogens with zero attached hydrogens (tertiary/aromatic N) is 2. The fourth-order valence-corrected chi connectivity index (χ4v) is 3.98. The Morgan fingerprint density at radius 3 is 2.83 bits per heavy atom. The van der Waals surface area contributed by atoms with Crippen LogP contribution >= 0.6 is 0 Å². The lowest BCUT2D eigenvalue weighted by Gasteiger charge is -2.34. The highest BCUT2D eigenvalue weighted by Crippen LogP contribution is 2.37. The van der Waals surface area contributed by atoms with Gasteiger partial charge in [-0.3, -0.25) is 4.31 Å². The first kappa shape index (κ1) is 16.5. The fraction of sp³-hybridized carbons (Fsp3) is 0.312. The zero-order chi connectivity index (χ0) is 17.3. The molecule has 0 spiro atoms. The second-order valence-electron chi connectivity index (χ2n) is 5.34. The van der Waals surface area contributed by atoms with Crippen LogP contribution in [0.25, 0.3) is 0 Å². The van der Waals surface area contributed by atoms with Crippen molar-refractivity contribution in [2.45, 2.75) is 24.8 Å². The normalized spacial score (nSPS) is 17.1. The Kier molecular flexibility index (Phi) is 4.31. The van der Waals surface area contributed by atoms with Gasteiger partial charge in [0.05, 0.1) is 25.0 Å². The van der Waals surface area contributed by atoms with E-state index in [0.717, 1.165) is 0 Å². The van der Waals surface area contributed by atoms with Crippen molar-refractivity contribution in [3.8, 4) is 11.6 Å². The largest absolute Gasteiger partial charge is 0.487 e. The van der Waals surface area contributed by atoms with Crippen LogP contribution in [0.2, 0.25) is 0 Å². The van der Waals surface area contributed by atoms with Crippen LogP contribution in [0.3, 0.4) is 0 Å². The maximum Gasteiger partial charge on any atom is 0.266 e. The number of halogens is 1. The summed E-state index contributed by atoms with van der Waals surface area (Å²) in [6.07, 6.45) is 0.855. The van der Waals surface area contributed by atoms with Crippen molar-refractivity contribution in [2.75, 3.05) is 17.5 Å². The van der Waals surface area contributed by atoms with E-state index in [1.54, 1.807) is 6.92 Å². The minimum atomic E-state index is -3.84. The molecule has 1 atom stereocenters. The summed E-state index contributed by atoms with van der Waals surface area (Å²) in [6.45, 7) is 4.12. The van der Waals surface area contributed by atoms with Crippen molar-refractivity contribution in [1.82, 2.24) is 4.98 Å². The maximum atomic E-state index is 13.4. The number of sulfonamides is 1. The molecule has 1 aliphatic rings. The number of ether oxygens (including phenoxy) is 2. The van der Waals surface area contributed by atoms with Gasteiger partial charge in [0.15, 0.2) is 0 Å². The Morgan fingerprint density at radius 1 is 1.38 bits per heavy atom. The quantitative estimate of drug-likeness (QED) is 0.846. The highest BCUT2D eigenvalue weighted by Gasteiger charge is 2.33. The molecule has 0 aliphatic carbocycles. The van der Waals surface area contributed by atoms with E-state index in [4.69, 9.17) is 9.47 Å². The number of benzene rings is 1. The van der Waals surface area contributed by atoms with Crippen LogP contribution < -0.4 is 13.8 Å². The number of hydrogen-bond donors (Lipinski definition) is 0. The minimum Gasteiger partial charge on any atom is -0.487 e. The highest BCUT2D eigenvalue weighted by molar-refractivity contribution is 7.92. The van der Waals surface area contributed by atoms with E-state index in [0.29, 0.717) is 18.2 Å². The summed E-state index contributed by atoms with van der Waals surface area (Å²) in [5, 5.41) is 0. The average molecular weight is 352 g/mol. The molecule has 0 radical (unpaired) electrons. The van der Waals surface area contributed by atoms with Gasteiger partial charge in [0, 0.05) is 12.1 Å². The summed E-state index contributed by atoms with van der Waals surface area (Å²) in [6, 6.07) is 6.74. The van der Waals surface area contributed by atoms with Gasteiger partial charge in [0.2, 0.25) is 5.88 Å². The summed E-state index contributed by atoms with van der Waals surface area (Å²) in [7, 11) is -3.84. The summed E-state index contributed by atoms with van der Waals surface area (Å²) in [4.78, 5) is 4.04. The standard InChI is InChI=1S/C16H17FN2O4S/c1-3-22-16-7-5-13(9-18-16)24(20,21)19-10-11(2)23-15-8-12(17)4-6-14(15)19/h4-9,11H,3,10H2,1-2H3/t11-/m1/s1. The number of rotatable bonds is 4. The third-order valence-corrected chi connectivity index (χ3v) is 5.29. The molecule has 1 aliphatic heterocycles. The van der Waals surface area contributed by atoms with Crippen LogP contribution in [-0.2, 0) is 10.0 Å². The van der Waals surface area contributed by atoms with Gasteiger partial charge in [-0.2, -0.15) is 0 Å². The Balaban J connectivity index is 2.01. The molecule has 2 heterocycles. The third-order valence-electron chi connectivity index (χ3n) is 3.53. The molecule has 0 saturated carbocycles. The van der Waals surface area contributed by atoms with E-state index in [2.05, 4.69) is 4.98 Å². The van der Waals surface area contributed by atoms with Gasteiger partial charge in [-0.1, -0.05) is 0 Å². The van der Waals surface area contributed by atoms with Crippen LogP contribution in [0.4, 0.5) is 10.1 Å². The number of fused-ring (bicyclic) bond motifs is 1. The molecule has 0 unspecified atom stereocenters. The molecule has 0 saturated heterocycles. The smallest absolute Gasteiger partial charge is 0.266 e. The molecule has 1 aromatic carbocycles. The van der Waals surface area contributed by atoms with Crippen LogP contribution in [0.1, 0.15) is 13.8 Å². The van der Waals surface area contributed by atoms with Crippen molar-refractivity contribution < 1.29 is 22.3 Å². The molecule has 3 rings (SSSR count). The zero-order valence-corrected chi connectivity index (χ0v) is 14.1. The maximum absolute atomic E-state index is 13.4. The Hall–Kier alpha value is -2.35. The molecule has 128 valence electrons. The lowest BCUT2D eigenvalue weighted by atomic mass is 10.2. The second-order valence-corrected chi connectivity index (χ2v) is 7.20. The van der Waals surface area contributed by atoms with Crippen LogP contribution in [0.5, 0.6) is 11.6 Å². The van der Waals surface area contributed by atoms with Gasteiger partial charge in [-0.15, -0.1) is 0 Å². The van der Waals surface area contributed by atoms with Gasteiger partial charge in [-0.25, -0.2) is 17.8 Å². The molecule has 0 bridgehead atoms. The monoisotopic (exact) mass is 352 g/mol. The van der Waals surface area contributed by atoms with E-state index in [1.165, 1.54) is 40.8 Å². The Bertz CT molecular complexity index is 840. The Morgan fingerprint density at radius 2 is 2.17 bits per heavy atom. The fourth-order valence-electron chi connectivity index (χ4n) is 2.48. The number of anilines is 1. The first-order valence-electron chi connectivity index (χ1n) is 7.49. The summed E-state index contributed by atoms with van der Waals surface area (Å²) < 4.78 is 51.3. The molecular weight excluding hydrogens is 335 g/mol. The molecule has 6 nitrogen and oxygen atoms in total. The van der Waals surface area contributed by atoms with E-state index < -0.39 is 21.9 Å². The van der Waals surface area contributed by atoms with E-state index in [9.17, 15) is 12.8 Å². The second kappa shape index (κ2) is 6.27. The van der Waals surface area contributed by atoms with Gasteiger partial charge in [-0.05, 0) is 32.0 Å². The van der Waals surface area contributed by atoms with Crippen LogP contribution in [0.15, 0.2) is 41.4 Å². The Labute approximate surface area is 139 Å². The van der Waals surface area contributed by atoms with E-state index in [-0.39, 0.29) is 17.2 Å². The van der Waals surface area contributed by atoms with Crippen LogP contribution in [-0.4, -0.2) is 32.7 Å². The summed E-state index contributed by atoms with van der Waals surface area (Å²) in [5.41, 5.74) is 0.309. The number of aromatic nitrogens is 1. The predicted octanol–water partition coefficient (Wildman–Crippen LogP) is 2.60. The topological polar surface area (TPSA) is 68.7 Å². The summed E-state index contributed by atoms with van der Waals surface area (Å²) in [5.74, 6) is 0.0772. The van der Waals surface area contributed by atoms with Gasteiger partial charge in [0.1, 0.15) is 22.6 Å². The number of pyridine rings is 1. The van der Waals surface area contributed by atoms with Crippen LogP contribution in [0, 0.1) is 5.82 Å². The molecule has 0 amide bonds. The van der Waals surface area contributed by atoms with Crippen molar-refractivity contribution in [3.05, 3.63) is 42.3 Å². The first-order chi connectivity index (χ1) is 11.4. The molecule has 0 N–H and O–H groups in total. The molecule has 24 heavy (non-hydrogen) atoms. The lowest BCUT2D eigenvalue weighted by Crippen LogP contribution is -2.42. The molecule has 2 aromatic rings. The average Bonchev–Trinajstić information content (AvgIpc) is 2.54. The van der Waals surface area contributed by atoms with E-state index in [1.807, 2.05) is 6.92 Å².